The van der Waals surface area contributed by atoms with Gasteiger partial charge in [0.1, 0.15) is 17.5 Å². The van der Waals surface area contributed by atoms with Crippen molar-refractivity contribution in [3.05, 3.63) is 42.5 Å². The van der Waals surface area contributed by atoms with E-state index < -0.39 is 0 Å². The molecule has 0 saturated carbocycles. The lowest BCUT2D eigenvalue weighted by molar-refractivity contribution is 1.16. The number of hydrogen-bond donors (Lipinski definition) is 0. The highest BCUT2D eigenvalue weighted by atomic mass is 14.8. The number of pyridine rings is 1. The molecule has 0 fully saturated rings. The minimum absolute atomic E-state index is 0.383. The van der Waals surface area contributed by atoms with Crippen molar-refractivity contribution in [3.63, 3.8) is 0 Å². The lowest BCUT2D eigenvalue weighted by Crippen LogP contribution is -1.89. The summed E-state index contributed by atoms with van der Waals surface area (Å²) in [5.74, 6) is 0. The van der Waals surface area contributed by atoms with Crippen molar-refractivity contribution in [2.24, 2.45) is 0 Å². The lowest BCUT2D eigenvalue weighted by atomic mass is 10.2. The molecule has 2 heterocycles. The van der Waals surface area contributed by atoms with E-state index in [1.165, 1.54) is 0 Å². The van der Waals surface area contributed by atoms with Crippen LogP contribution in [-0.4, -0.2) is 15.0 Å². The molecule has 2 aromatic rings. The highest BCUT2D eigenvalue weighted by Gasteiger charge is 2.00. The first-order valence-corrected chi connectivity index (χ1v) is 4.04. The molecule has 0 saturated heterocycles. The molecule has 0 aromatic carbocycles. The summed E-state index contributed by atoms with van der Waals surface area (Å²) in [6, 6.07) is 7.20. The van der Waals surface area contributed by atoms with E-state index in [9.17, 15) is 0 Å². The van der Waals surface area contributed by atoms with Gasteiger partial charge in [0.05, 0.1) is 11.9 Å². The van der Waals surface area contributed by atoms with Gasteiger partial charge in [-0.25, -0.2) is 4.98 Å². The third-order valence-corrected chi connectivity index (χ3v) is 1.69. The van der Waals surface area contributed by atoms with Crippen LogP contribution in [0.3, 0.4) is 0 Å². The van der Waals surface area contributed by atoms with Gasteiger partial charge in [-0.1, -0.05) is 6.07 Å². The molecule has 2 aromatic heterocycles. The summed E-state index contributed by atoms with van der Waals surface area (Å²) < 4.78 is 0. The molecule has 0 spiro atoms. The highest BCUT2D eigenvalue weighted by molar-refractivity contribution is 5.53. The van der Waals surface area contributed by atoms with Crippen molar-refractivity contribution >= 4 is 0 Å². The van der Waals surface area contributed by atoms with Crippen LogP contribution < -0.4 is 0 Å². The van der Waals surface area contributed by atoms with Crippen LogP contribution in [0, 0.1) is 11.3 Å². The molecule has 14 heavy (non-hydrogen) atoms. The smallest absolute Gasteiger partial charge is 0.141 e. The van der Waals surface area contributed by atoms with E-state index in [1.807, 2.05) is 6.07 Å². The molecule has 0 amide bonds. The summed E-state index contributed by atoms with van der Waals surface area (Å²) in [6.45, 7) is 0. The van der Waals surface area contributed by atoms with Crippen molar-refractivity contribution in [2.75, 3.05) is 0 Å². The van der Waals surface area contributed by atoms with E-state index in [4.69, 9.17) is 5.26 Å². The van der Waals surface area contributed by atoms with Crippen molar-refractivity contribution in [3.8, 4) is 17.5 Å². The van der Waals surface area contributed by atoms with Gasteiger partial charge in [-0.15, -0.1) is 0 Å². The van der Waals surface area contributed by atoms with Gasteiger partial charge in [0, 0.05) is 12.4 Å². The van der Waals surface area contributed by atoms with E-state index in [-0.39, 0.29) is 0 Å². The minimum Gasteiger partial charge on any atom is -0.261 e. The fraction of sp³-hybridized carbons (Fsp3) is 0. The molecule has 0 aliphatic heterocycles. The number of aromatic nitrogens is 3. The van der Waals surface area contributed by atoms with Gasteiger partial charge in [0.2, 0.25) is 0 Å². The van der Waals surface area contributed by atoms with E-state index in [0.717, 1.165) is 0 Å². The van der Waals surface area contributed by atoms with E-state index in [0.29, 0.717) is 17.1 Å². The summed E-state index contributed by atoms with van der Waals surface area (Å²) >= 11 is 0. The van der Waals surface area contributed by atoms with Crippen LogP contribution in [0.1, 0.15) is 5.69 Å². The zero-order valence-electron chi connectivity index (χ0n) is 7.25. The summed E-state index contributed by atoms with van der Waals surface area (Å²) in [4.78, 5) is 12.1. The van der Waals surface area contributed by atoms with Crippen LogP contribution in [0.25, 0.3) is 11.4 Å². The molecule has 0 aliphatic carbocycles. The SMILES string of the molecule is N#Cc1cccc(-c2cnccn2)n1. The first kappa shape index (κ1) is 8.32. The molecule has 2 rings (SSSR count). The first-order valence-electron chi connectivity index (χ1n) is 4.04. The standard InChI is InChI=1S/C10H6N4/c11-6-8-2-1-3-9(14-8)10-7-12-4-5-13-10/h1-5,7H. The van der Waals surface area contributed by atoms with Crippen LogP contribution in [0.5, 0.6) is 0 Å². The Labute approximate surface area is 80.9 Å². The van der Waals surface area contributed by atoms with Crippen LogP contribution >= 0.6 is 0 Å². The minimum atomic E-state index is 0.383. The average molecular weight is 182 g/mol. The zero-order valence-corrected chi connectivity index (χ0v) is 7.25. The third kappa shape index (κ3) is 1.57. The monoisotopic (exact) mass is 182 g/mol. The second-order valence-electron chi connectivity index (χ2n) is 2.61. The Morgan fingerprint density at radius 3 is 2.79 bits per heavy atom. The van der Waals surface area contributed by atoms with Gasteiger partial charge >= 0.3 is 0 Å². The van der Waals surface area contributed by atoms with Gasteiger partial charge in [0.25, 0.3) is 0 Å². The predicted molar refractivity (Wildman–Crippen MR) is 50.0 cm³/mol. The van der Waals surface area contributed by atoms with Crippen LogP contribution in [0.2, 0.25) is 0 Å². The largest absolute Gasteiger partial charge is 0.261 e. The van der Waals surface area contributed by atoms with Crippen molar-refractivity contribution in [1.29, 1.82) is 5.26 Å². The third-order valence-electron chi connectivity index (χ3n) is 1.69. The average Bonchev–Trinajstić information content (AvgIpc) is 2.30. The van der Waals surface area contributed by atoms with E-state index >= 15 is 0 Å². The normalized spacial score (nSPS) is 9.36. The summed E-state index contributed by atoms with van der Waals surface area (Å²) in [5, 5.41) is 8.66. The number of hydrogen-bond acceptors (Lipinski definition) is 4. The van der Waals surface area contributed by atoms with Crippen molar-refractivity contribution in [1.82, 2.24) is 15.0 Å². The van der Waals surface area contributed by atoms with Crippen LogP contribution in [0.4, 0.5) is 0 Å². The summed E-state index contributed by atoms with van der Waals surface area (Å²) in [6.07, 6.45) is 4.80. The van der Waals surface area contributed by atoms with Crippen LogP contribution in [0.15, 0.2) is 36.8 Å². The molecule has 66 valence electrons. The lowest BCUT2D eigenvalue weighted by Gasteiger charge is -1.97. The topological polar surface area (TPSA) is 62.5 Å². The van der Waals surface area contributed by atoms with Gasteiger partial charge in [-0.05, 0) is 12.1 Å². The molecule has 0 radical (unpaired) electrons. The number of nitriles is 1. The molecule has 0 N–H and O–H groups in total. The molecule has 0 bridgehead atoms. The highest BCUT2D eigenvalue weighted by Crippen LogP contribution is 2.11. The van der Waals surface area contributed by atoms with Gasteiger partial charge in [-0.3, -0.25) is 9.97 Å². The summed E-state index contributed by atoms with van der Waals surface area (Å²) in [7, 11) is 0. The van der Waals surface area contributed by atoms with Crippen LogP contribution in [-0.2, 0) is 0 Å². The Kier molecular flexibility index (Phi) is 2.15. The van der Waals surface area contributed by atoms with Gasteiger partial charge in [-0.2, -0.15) is 5.26 Å². The second kappa shape index (κ2) is 3.62. The Morgan fingerprint density at radius 2 is 2.07 bits per heavy atom. The molecule has 0 aliphatic rings. The number of nitrogens with zero attached hydrogens (tertiary/aromatic N) is 4. The molecule has 4 heteroatoms. The Morgan fingerprint density at radius 1 is 1.14 bits per heavy atom. The van der Waals surface area contributed by atoms with Crippen molar-refractivity contribution < 1.29 is 0 Å². The molecule has 0 unspecified atom stereocenters. The quantitative estimate of drug-likeness (QED) is 0.668. The first-order chi connectivity index (χ1) is 6.90. The summed E-state index contributed by atoms with van der Waals surface area (Å²) in [5.41, 5.74) is 1.72. The van der Waals surface area contributed by atoms with E-state index in [2.05, 4.69) is 15.0 Å². The molecular weight excluding hydrogens is 176 g/mol. The van der Waals surface area contributed by atoms with E-state index in [1.54, 1.807) is 36.8 Å². The zero-order chi connectivity index (χ0) is 9.80. The fourth-order valence-electron chi connectivity index (χ4n) is 1.07. The number of rotatable bonds is 1. The van der Waals surface area contributed by atoms with Crippen molar-refractivity contribution in [2.45, 2.75) is 0 Å². The maximum atomic E-state index is 8.66. The van der Waals surface area contributed by atoms with Gasteiger partial charge in [0.15, 0.2) is 0 Å². The predicted octanol–water partition coefficient (Wildman–Crippen LogP) is 1.41. The molecule has 4 nitrogen and oxygen atoms in total. The Balaban J connectivity index is 2.49. The maximum Gasteiger partial charge on any atom is 0.141 e. The maximum absolute atomic E-state index is 8.66. The van der Waals surface area contributed by atoms with Gasteiger partial charge < -0.3 is 0 Å². The molecule has 0 atom stereocenters. The second-order valence-corrected chi connectivity index (χ2v) is 2.61. The molecular formula is C10H6N4. The Hall–Kier alpha value is -2.28. The Bertz CT molecular complexity index is 473. The fourth-order valence-corrected chi connectivity index (χ4v) is 1.07.